The first-order chi connectivity index (χ1) is 12.5. The molecule has 1 aromatic carbocycles. The van der Waals surface area contributed by atoms with Crippen LogP contribution in [0.2, 0.25) is 0 Å². The number of ether oxygens (including phenoxy) is 1. The van der Waals surface area contributed by atoms with Crippen LogP contribution in [-0.4, -0.2) is 48.1 Å². The fourth-order valence-electron chi connectivity index (χ4n) is 4.03. The van der Waals surface area contributed by atoms with E-state index in [1.54, 1.807) is 7.11 Å². The molecular weight excluding hydrogens is 330 g/mol. The normalized spacial score (nSPS) is 20.2. The fourth-order valence-corrected chi connectivity index (χ4v) is 4.03. The van der Waals surface area contributed by atoms with Gasteiger partial charge in [-0.05, 0) is 37.6 Å². The van der Waals surface area contributed by atoms with Crippen LogP contribution in [0.25, 0.3) is 0 Å². The number of benzene rings is 1. The summed E-state index contributed by atoms with van der Waals surface area (Å²) in [5.41, 5.74) is 0.411. The molecule has 1 N–H and O–H groups in total. The molecule has 1 spiro atoms. The zero-order valence-electron chi connectivity index (χ0n) is 15.8. The molecule has 26 heavy (non-hydrogen) atoms. The second-order valence-electron chi connectivity index (χ2n) is 7.52. The summed E-state index contributed by atoms with van der Waals surface area (Å²) in [6, 6.07) is 7.58. The largest absolute Gasteiger partial charge is 0.497 e. The molecule has 3 amide bonds. The summed E-state index contributed by atoms with van der Waals surface area (Å²) in [5.74, 6) is 0.751. The van der Waals surface area contributed by atoms with Crippen LogP contribution in [0.15, 0.2) is 24.3 Å². The van der Waals surface area contributed by atoms with Gasteiger partial charge >= 0.3 is 6.03 Å². The Bertz CT molecular complexity index is 653. The number of hydrogen-bond acceptors (Lipinski definition) is 4. The van der Waals surface area contributed by atoms with Gasteiger partial charge in [-0.25, -0.2) is 9.69 Å². The van der Waals surface area contributed by atoms with Crippen LogP contribution in [0.4, 0.5) is 4.79 Å². The third kappa shape index (κ3) is 4.01. The van der Waals surface area contributed by atoms with Gasteiger partial charge in [-0.2, -0.15) is 0 Å². The summed E-state index contributed by atoms with van der Waals surface area (Å²) in [6.07, 6.45) is 7.02. The van der Waals surface area contributed by atoms with Gasteiger partial charge in [0.2, 0.25) is 0 Å². The predicted molar refractivity (Wildman–Crippen MR) is 99.8 cm³/mol. The topological polar surface area (TPSA) is 61.9 Å². The molecule has 3 rings (SSSR count). The first-order valence-electron chi connectivity index (χ1n) is 9.50. The summed E-state index contributed by atoms with van der Waals surface area (Å²) in [4.78, 5) is 28.9. The highest BCUT2D eigenvalue weighted by Gasteiger charge is 2.50. The Labute approximate surface area is 155 Å². The number of methoxy groups -OCH3 is 1. The monoisotopic (exact) mass is 359 g/mol. The molecule has 0 bridgehead atoms. The van der Waals surface area contributed by atoms with Gasteiger partial charge < -0.3 is 10.1 Å². The molecule has 0 atom stereocenters. The maximum absolute atomic E-state index is 13.0. The van der Waals surface area contributed by atoms with Crippen LogP contribution in [-0.2, 0) is 11.3 Å². The molecule has 1 aliphatic carbocycles. The number of nitrogens with zero attached hydrogens (tertiary/aromatic N) is 2. The first-order valence-corrected chi connectivity index (χ1v) is 9.50. The number of rotatable bonds is 5. The van der Waals surface area contributed by atoms with Crippen molar-refractivity contribution in [2.45, 2.75) is 57.0 Å². The molecule has 0 aromatic heterocycles. The van der Waals surface area contributed by atoms with E-state index in [1.165, 1.54) is 11.3 Å². The van der Waals surface area contributed by atoms with Gasteiger partial charge in [0.1, 0.15) is 11.3 Å². The third-order valence-corrected chi connectivity index (χ3v) is 5.42. The molecule has 1 saturated carbocycles. The first kappa shape index (κ1) is 18.7. The Morgan fingerprint density at radius 1 is 1.15 bits per heavy atom. The summed E-state index contributed by atoms with van der Waals surface area (Å²) in [5, 5.41) is 3.02. The van der Waals surface area contributed by atoms with Crippen molar-refractivity contribution in [1.29, 1.82) is 0 Å². The second-order valence-corrected chi connectivity index (χ2v) is 7.52. The molecule has 1 saturated heterocycles. The van der Waals surface area contributed by atoms with Gasteiger partial charge in [-0.1, -0.05) is 44.2 Å². The minimum absolute atomic E-state index is 0.0538. The highest BCUT2D eigenvalue weighted by molar-refractivity contribution is 6.07. The van der Waals surface area contributed by atoms with E-state index in [4.69, 9.17) is 4.74 Å². The number of amides is 3. The van der Waals surface area contributed by atoms with E-state index in [2.05, 4.69) is 5.32 Å². The van der Waals surface area contributed by atoms with Crippen LogP contribution in [0.5, 0.6) is 5.75 Å². The zero-order chi connectivity index (χ0) is 18.6. The van der Waals surface area contributed by atoms with Crippen molar-refractivity contribution in [3.8, 4) is 5.75 Å². The van der Waals surface area contributed by atoms with Gasteiger partial charge in [0.15, 0.2) is 0 Å². The second kappa shape index (κ2) is 8.08. The van der Waals surface area contributed by atoms with Crippen LogP contribution >= 0.6 is 0 Å². The van der Waals surface area contributed by atoms with Crippen LogP contribution < -0.4 is 10.1 Å². The van der Waals surface area contributed by atoms with Crippen molar-refractivity contribution in [2.24, 2.45) is 0 Å². The van der Waals surface area contributed by atoms with Crippen molar-refractivity contribution in [3.63, 3.8) is 0 Å². The van der Waals surface area contributed by atoms with E-state index in [0.29, 0.717) is 13.2 Å². The molecule has 0 unspecified atom stereocenters. The van der Waals surface area contributed by atoms with Gasteiger partial charge in [-0.15, -0.1) is 0 Å². The van der Waals surface area contributed by atoms with Gasteiger partial charge in [0.05, 0.1) is 13.8 Å². The van der Waals surface area contributed by atoms with Crippen molar-refractivity contribution in [1.82, 2.24) is 15.1 Å². The van der Waals surface area contributed by atoms with E-state index in [-0.39, 0.29) is 11.9 Å². The molecule has 2 fully saturated rings. The smallest absolute Gasteiger partial charge is 0.326 e. The summed E-state index contributed by atoms with van der Waals surface area (Å²) < 4.78 is 5.25. The SMILES string of the molecule is COc1cccc(CN(C)CN2C(=O)NC3(CCCCCCC3)C2=O)c1. The Morgan fingerprint density at radius 3 is 2.54 bits per heavy atom. The minimum Gasteiger partial charge on any atom is -0.497 e. The summed E-state index contributed by atoms with van der Waals surface area (Å²) in [7, 11) is 3.56. The highest BCUT2D eigenvalue weighted by atomic mass is 16.5. The number of carbonyl (C=O) groups is 2. The lowest BCUT2D eigenvalue weighted by atomic mass is 9.84. The van der Waals surface area contributed by atoms with E-state index in [1.807, 2.05) is 36.2 Å². The lowest BCUT2D eigenvalue weighted by Crippen LogP contribution is -2.48. The van der Waals surface area contributed by atoms with Gasteiger partial charge in [0, 0.05) is 6.54 Å². The van der Waals surface area contributed by atoms with E-state index >= 15 is 0 Å². The molecule has 0 radical (unpaired) electrons. The zero-order valence-corrected chi connectivity index (χ0v) is 15.8. The Hall–Kier alpha value is -2.08. The molecule has 6 nitrogen and oxygen atoms in total. The van der Waals surface area contributed by atoms with Crippen LogP contribution in [0.3, 0.4) is 0 Å². The van der Waals surface area contributed by atoms with Gasteiger partial charge in [-0.3, -0.25) is 9.69 Å². The van der Waals surface area contributed by atoms with Crippen molar-refractivity contribution in [3.05, 3.63) is 29.8 Å². The van der Waals surface area contributed by atoms with Crippen LogP contribution in [0, 0.1) is 0 Å². The number of imide groups is 1. The summed E-state index contributed by atoms with van der Waals surface area (Å²) >= 11 is 0. The molecule has 142 valence electrons. The molecule has 1 aromatic rings. The maximum Gasteiger partial charge on any atom is 0.326 e. The van der Waals surface area contributed by atoms with Crippen LogP contribution in [0.1, 0.15) is 50.5 Å². The molecule has 1 heterocycles. The predicted octanol–water partition coefficient (Wildman–Crippen LogP) is 3.12. The lowest BCUT2D eigenvalue weighted by Gasteiger charge is -2.29. The quantitative estimate of drug-likeness (QED) is 0.821. The molecule has 2 aliphatic rings. The molecule has 1 aliphatic heterocycles. The Morgan fingerprint density at radius 2 is 1.85 bits per heavy atom. The van der Waals surface area contributed by atoms with Gasteiger partial charge in [0.25, 0.3) is 5.91 Å². The lowest BCUT2D eigenvalue weighted by molar-refractivity contribution is -0.133. The Balaban J connectivity index is 1.65. The Kier molecular flexibility index (Phi) is 5.81. The maximum atomic E-state index is 13.0. The van der Waals surface area contributed by atoms with E-state index in [0.717, 1.165) is 49.8 Å². The number of carbonyl (C=O) groups excluding carboxylic acids is 2. The van der Waals surface area contributed by atoms with Crippen molar-refractivity contribution in [2.75, 3.05) is 20.8 Å². The number of hydrogen-bond donors (Lipinski definition) is 1. The van der Waals surface area contributed by atoms with Crippen molar-refractivity contribution >= 4 is 11.9 Å². The summed E-state index contributed by atoms with van der Waals surface area (Å²) in [6.45, 7) is 0.935. The average Bonchev–Trinajstić information content (AvgIpc) is 2.83. The third-order valence-electron chi connectivity index (χ3n) is 5.42. The van der Waals surface area contributed by atoms with E-state index < -0.39 is 5.54 Å². The van der Waals surface area contributed by atoms with Crippen molar-refractivity contribution < 1.29 is 14.3 Å². The number of nitrogens with one attached hydrogen (secondary N) is 1. The fraction of sp³-hybridized carbons (Fsp3) is 0.600. The highest BCUT2D eigenvalue weighted by Crippen LogP contribution is 2.32. The molecular formula is C20H29N3O3. The number of urea groups is 1. The minimum atomic E-state index is -0.672. The molecule has 6 heteroatoms. The van der Waals surface area contributed by atoms with E-state index in [9.17, 15) is 9.59 Å². The average molecular weight is 359 g/mol. The standard InChI is InChI=1S/C20H29N3O3/c1-22(14-16-9-8-10-17(13-16)26-2)15-23-18(24)20(21-19(23)25)11-6-4-3-5-7-12-20/h8-10,13H,3-7,11-12,14-15H2,1-2H3,(H,21,25).